The maximum atomic E-state index is 11.9. The van der Waals surface area contributed by atoms with Gasteiger partial charge >= 0.3 is 0 Å². The van der Waals surface area contributed by atoms with Crippen LogP contribution in [-0.2, 0) is 27.8 Å². The number of sulfonamides is 1. The zero-order valence-corrected chi connectivity index (χ0v) is 18.2. The fourth-order valence-electron chi connectivity index (χ4n) is 3.29. The van der Waals surface area contributed by atoms with E-state index < -0.39 is 10.0 Å². The monoisotopic (exact) mass is 422 g/mol. The SMILES string of the molecule is CC(C)NC(=O)CN(C)Cc1nc(-c2ccc3c(c2)CCN3S(C)(=O)=O)cs1. The number of hydrogen-bond acceptors (Lipinski definition) is 6. The van der Waals surface area contributed by atoms with E-state index in [4.69, 9.17) is 4.98 Å². The topological polar surface area (TPSA) is 82.6 Å². The number of fused-ring (bicyclic) bond motifs is 1. The first kappa shape index (κ1) is 20.8. The van der Waals surface area contributed by atoms with Crippen LogP contribution in [0.1, 0.15) is 24.4 Å². The molecular formula is C19H26N4O3S2. The number of thiazole rings is 1. The zero-order chi connectivity index (χ0) is 20.5. The highest BCUT2D eigenvalue weighted by atomic mass is 32.2. The first-order chi connectivity index (χ1) is 13.1. The lowest BCUT2D eigenvalue weighted by Gasteiger charge is -2.16. The molecule has 152 valence electrons. The molecule has 1 amide bonds. The van der Waals surface area contributed by atoms with Gasteiger partial charge in [0.05, 0.1) is 30.7 Å². The Labute approximate surface area is 170 Å². The predicted octanol–water partition coefficient (Wildman–Crippen LogP) is 2.09. The molecule has 7 nitrogen and oxygen atoms in total. The Morgan fingerprint density at radius 3 is 2.82 bits per heavy atom. The second kappa shape index (κ2) is 8.18. The number of carbonyl (C=O) groups is 1. The molecule has 1 aliphatic heterocycles. The van der Waals surface area contributed by atoms with Crippen molar-refractivity contribution in [3.8, 4) is 11.3 Å². The number of nitrogens with zero attached hydrogens (tertiary/aromatic N) is 3. The lowest BCUT2D eigenvalue weighted by molar-refractivity contribution is -0.122. The van der Waals surface area contributed by atoms with Crippen LogP contribution in [0.2, 0.25) is 0 Å². The summed E-state index contributed by atoms with van der Waals surface area (Å²) in [5, 5.41) is 5.82. The Hall–Kier alpha value is -1.97. The first-order valence-corrected chi connectivity index (χ1v) is 11.9. The van der Waals surface area contributed by atoms with Crippen molar-refractivity contribution in [2.24, 2.45) is 0 Å². The van der Waals surface area contributed by atoms with E-state index in [0.717, 1.165) is 27.5 Å². The maximum Gasteiger partial charge on any atom is 0.234 e. The third-order valence-corrected chi connectivity index (χ3v) is 6.46. The minimum atomic E-state index is -3.24. The molecule has 0 atom stereocenters. The molecule has 0 unspecified atom stereocenters. The van der Waals surface area contributed by atoms with Crippen molar-refractivity contribution in [2.45, 2.75) is 32.9 Å². The summed E-state index contributed by atoms with van der Waals surface area (Å²) in [4.78, 5) is 18.5. The summed E-state index contributed by atoms with van der Waals surface area (Å²) in [7, 11) is -1.34. The highest BCUT2D eigenvalue weighted by Gasteiger charge is 2.26. The molecule has 1 N–H and O–H groups in total. The molecule has 1 aromatic heterocycles. The molecule has 9 heteroatoms. The van der Waals surface area contributed by atoms with Crippen LogP contribution >= 0.6 is 11.3 Å². The Balaban J connectivity index is 1.69. The molecule has 2 aromatic rings. The first-order valence-electron chi connectivity index (χ1n) is 9.17. The van der Waals surface area contributed by atoms with Crippen molar-refractivity contribution in [1.82, 2.24) is 15.2 Å². The van der Waals surface area contributed by atoms with Gasteiger partial charge in [-0.1, -0.05) is 6.07 Å². The minimum absolute atomic E-state index is 0.00309. The molecule has 0 saturated carbocycles. The fraction of sp³-hybridized carbons (Fsp3) is 0.474. The van der Waals surface area contributed by atoms with Gasteiger partial charge in [0.25, 0.3) is 0 Å². The molecule has 1 aromatic carbocycles. The van der Waals surface area contributed by atoms with E-state index >= 15 is 0 Å². The normalized spacial score (nSPS) is 14.0. The summed E-state index contributed by atoms with van der Waals surface area (Å²) in [5.74, 6) is 0.00309. The van der Waals surface area contributed by atoms with E-state index in [1.165, 1.54) is 10.6 Å². The molecule has 0 radical (unpaired) electrons. The summed E-state index contributed by atoms with van der Waals surface area (Å²) < 4.78 is 25.2. The van der Waals surface area contributed by atoms with E-state index in [0.29, 0.717) is 26.1 Å². The van der Waals surface area contributed by atoms with Gasteiger partial charge in [-0.3, -0.25) is 14.0 Å². The smallest absolute Gasteiger partial charge is 0.234 e. The van der Waals surface area contributed by atoms with Gasteiger partial charge in [-0.05, 0) is 45.0 Å². The third-order valence-electron chi connectivity index (χ3n) is 4.45. The van der Waals surface area contributed by atoms with Gasteiger partial charge < -0.3 is 5.32 Å². The second-order valence-electron chi connectivity index (χ2n) is 7.45. The quantitative estimate of drug-likeness (QED) is 0.739. The molecule has 0 saturated heterocycles. The largest absolute Gasteiger partial charge is 0.353 e. The number of amides is 1. The van der Waals surface area contributed by atoms with Gasteiger partial charge in [0.1, 0.15) is 5.01 Å². The van der Waals surface area contributed by atoms with Crippen LogP contribution in [-0.4, -0.2) is 56.6 Å². The van der Waals surface area contributed by atoms with E-state index in [9.17, 15) is 13.2 Å². The lowest BCUT2D eigenvalue weighted by Crippen LogP contribution is -2.38. The highest BCUT2D eigenvalue weighted by Crippen LogP contribution is 2.34. The van der Waals surface area contributed by atoms with Crippen LogP contribution in [0.5, 0.6) is 0 Å². The molecule has 3 rings (SSSR count). The number of carbonyl (C=O) groups excluding carboxylic acids is 1. The average molecular weight is 423 g/mol. The predicted molar refractivity (Wildman–Crippen MR) is 113 cm³/mol. The summed E-state index contributed by atoms with van der Waals surface area (Å²) in [6.07, 6.45) is 1.95. The Morgan fingerprint density at radius 1 is 1.39 bits per heavy atom. The van der Waals surface area contributed by atoms with Gasteiger partial charge in [0.2, 0.25) is 15.9 Å². The average Bonchev–Trinajstić information content (AvgIpc) is 3.19. The Morgan fingerprint density at radius 2 is 2.14 bits per heavy atom. The van der Waals surface area contributed by atoms with Crippen molar-refractivity contribution < 1.29 is 13.2 Å². The van der Waals surface area contributed by atoms with E-state index in [-0.39, 0.29) is 11.9 Å². The van der Waals surface area contributed by atoms with Crippen LogP contribution < -0.4 is 9.62 Å². The molecule has 2 heterocycles. The van der Waals surface area contributed by atoms with Crippen molar-refractivity contribution in [3.63, 3.8) is 0 Å². The van der Waals surface area contributed by atoms with Gasteiger partial charge in [-0.25, -0.2) is 13.4 Å². The standard InChI is InChI=1S/C19H26N4O3S2/c1-13(2)20-18(24)10-22(3)11-19-21-16(12-27-19)14-5-6-17-15(9-14)7-8-23(17)28(4,25)26/h5-6,9,12-13H,7-8,10-11H2,1-4H3,(H,20,24). The minimum Gasteiger partial charge on any atom is -0.353 e. The van der Waals surface area contributed by atoms with Crippen molar-refractivity contribution in [1.29, 1.82) is 0 Å². The summed E-state index contributed by atoms with van der Waals surface area (Å²) in [5.41, 5.74) is 3.65. The Kier molecular flexibility index (Phi) is 6.07. The maximum absolute atomic E-state index is 11.9. The molecule has 0 fully saturated rings. The molecular weight excluding hydrogens is 396 g/mol. The summed E-state index contributed by atoms with van der Waals surface area (Å²) in [6, 6.07) is 5.94. The highest BCUT2D eigenvalue weighted by molar-refractivity contribution is 7.92. The van der Waals surface area contributed by atoms with Gasteiger partial charge in [0, 0.05) is 23.5 Å². The van der Waals surface area contributed by atoms with Crippen LogP contribution in [0.15, 0.2) is 23.6 Å². The molecule has 0 spiro atoms. The number of benzene rings is 1. The van der Waals surface area contributed by atoms with Crippen molar-refractivity contribution in [2.75, 3.05) is 30.7 Å². The van der Waals surface area contributed by atoms with Crippen LogP contribution in [0.3, 0.4) is 0 Å². The van der Waals surface area contributed by atoms with Gasteiger partial charge in [-0.2, -0.15) is 0 Å². The Bertz CT molecular complexity index is 969. The molecule has 1 aliphatic rings. The summed E-state index contributed by atoms with van der Waals surface area (Å²) in [6.45, 7) is 5.30. The lowest BCUT2D eigenvalue weighted by atomic mass is 10.1. The molecule has 0 bridgehead atoms. The number of likely N-dealkylation sites (N-methyl/N-ethyl adjacent to an activating group) is 1. The number of hydrogen-bond donors (Lipinski definition) is 1. The van der Waals surface area contributed by atoms with Crippen LogP contribution in [0.4, 0.5) is 5.69 Å². The molecule has 28 heavy (non-hydrogen) atoms. The van der Waals surface area contributed by atoms with Gasteiger partial charge in [0.15, 0.2) is 0 Å². The van der Waals surface area contributed by atoms with E-state index in [2.05, 4.69) is 5.32 Å². The second-order valence-corrected chi connectivity index (χ2v) is 10.3. The summed E-state index contributed by atoms with van der Waals surface area (Å²) >= 11 is 1.56. The van der Waals surface area contributed by atoms with Crippen molar-refractivity contribution in [3.05, 3.63) is 34.2 Å². The van der Waals surface area contributed by atoms with E-state index in [1.807, 2.05) is 49.4 Å². The number of aromatic nitrogens is 1. The number of nitrogens with one attached hydrogen (secondary N) is 1. The van der Waals surface area contributed by atoms with E-state index in [1.54, 1.807) is 11.3 Å². The van der Waals surface area contributed by atoms with Crippen molar-refractivity contribution >= 4 is 33.0 Å². The van der Waals surface area contributed by atoms with Gasteiger partial charge in [-0.15, -0.1) is 11.3 Å². The number of rotatable bonds is 7. The fourth-order valence-corrected chi connectivity index (χ4v) is 5.13. The zero-order valence-electron chi connectivity index (χ0n) is 16.6. The van der Waals surface area contributed by atoms with Crippen LogP contribution in [0.25, 0.3) is 11.3 Å². The third kappa shape index (κ3) is 4.89. The molecule has 0 aliphatic carbocycles. The number of anilines is 1. The van der Waals surface area contributed by atoms with Crippen LogP contribution in [0, 0.1) is 0 Å².